The number of nitrogens with zero attached hydrogens (tertiary/aromatic N) is 1. The predicted molar refractivity (Wildman–Crippen MR) is 102 cm³/mol. The number of nitrogens with one attached hydrogen (secondary N) is 2. The molecule has 1 heterocycles. The molecule has 0 bridgehead atoms. The summed E-state index contributed by atoms with van der Waals surface area (Å²) < 4.78 is 34.4. The van der Waals surface area contributed by atoms with E-state index in [1.807, 2.05) is 29.2 Å². The fraction of sp³-hybridized carbons (Fsp3) is 0.300. The fourth-order valence-electron chi connectivity index (χ4n) is 2.97. The number of hydrogen-bond donors (Lipinski definition) is 2. The average Bonchev–Trinajstić information content (AvgIpc) is 2.72. The summed E-state index contributed by atoms with van der Waals surface area (Å²) in [6.45, 7) is -1.10. The Kier molecular flexibility index (Phi) is 6.48. The number of carbonyl (C=O) groups is 2. The molecule has 3 rings (SSSR count). The molecule has 2 amide bonds. The van der Waals surface area contributed by atoms with Gasteiger partial charge >= 0.3 is 6.61 Å². The number of anilines is 1. The lowest BCUT2D eigenvalue weighted by Crippen LogP contribution is -2.47. The van der Waals surface area contributed by atoms with Crippen molar-refractivity contribution >= 4 is 17.5 Å². The second kappa shape index (κ2) is 9.22. The van der Waals surface area contributed by atoms with Crippen molar-refractivity contribution in [1.29, 1.82) is 0 Å². The summed E-state index contributed by atoms with van der Waals surface area (Å²) in [4.78, 5) is 25.8. The van der Waals surface area contributed by atoms with Gasteiger partial charge in [-0.25, -0.2) is 0 Å². The Morgan fingerprint density at radius 1 is 1.21 bits per heavy atom. The van der Waals surface area contributed by atoms with Crippen LogP contribution in [0.2, 0.25) is 0 Å². The van der Waals surface area contributed by atoms with Crippen LogP contribution in [0.5, 0.6) is 11.5 Å². The van der Waals surface area contributed by atoms with Crippen molar-refractivity contribution in [2.45, 2.75) is 13.2 Å². The molecule has 2 aromatic carbocycles. The van der Waals surface area contributed by atoms with Gasteiger partial charge in [-0.3, -0.25) is 9.59 Å². The molecule has 0 spiro atoms. The minimum atomic E-state index is -3.02. The molecule has 2 aromatic rings. The number of halogens is 2. The van der Waals surface area contributed by atoms with Crippen LogP contribution in [0.4, 0.5) is 14.5 Å². The number of carbonyl (C=O) groups excluding carboxylic acids is 2. The van der Waals surface area contributed by atoms with Gasteiger partial charge in [0.05, 0.1) is 13.7 Å². The van der Waals surface area contributed by atoms with E-state index >= 15 is 0 Å². The molecular formula is C20H21F2N3O4. The van der Waals surface area contributed by atoms with Crippen molar-refractivity contribution in [3.05, 3.63) is 53.6 Å². The minimum Gasteiger partial charge on any atom is -0.493 e. The van der Waals surface area contributed by atoms with Crippen molar-refractivity contribution < 1.29 is 27.8 Å². The van der Waals surface area contributed by atoms with E-state index < -0.39 is 12.5 Å². The van der Waals surface area contributed by atoms with Crippen LogP contribution < -0.4 is 25.0 Å². The van der Waals surface area contributed by atoms with Crippen molar-refractivity contribution in [2.75, 3.05) is 31.6 Å². The van der Waals surface area contributed by atoms with Crippen LogP contribution in [-0.4, -0.2) is 45.2 Å². The molecule has 1 fully saturated rings. The molecule has 1 aliphatic heterocycles. The van der Waals surface area contributed by atoms with Crippen molar-refractivity contribution in [2.24, 2.45) is 0 Å². The Morgan fingerprint density at radius 3 is 2.62 bits per heavy atom. The molecule has 1 aliphatic rings. The van der Waals surface area contributed by atoms with E-state index in [-0.39, 0.29) is 29.5 Å². The van der Waals surface area contributed by atoms with Crippen molar-refractivity contribution in [1.82, 2.24) is 10.6 Å². The highest BCUT2D eigenvalue weighted by molar-refractivity contribution is 5.94. The Morgan fingerprint density at radius 2 is 1.97 bits per heavy atom. The summed E-state index contributed by atoms with van der Waals surface area (Å²) in [6.07, 6.45) is 0. The van der Waals surface area contributed by atoms with E-state index in [0.717, 1.165) is 17.8 Å². The third kappa shape index (κ3) is 5.34. The first-order chi connectivity index (χ1) is 14.0. The maximum atomic E-state index is 12.5. The van der Waals surface area contributed by atoms with E-state index in [0.29, 0.717) is 13.1 Å². The second-order valence-corrected chi connectivity index (χ2v) is 6.36. The normalized spacial score (nSPS) is 13.8. The molecule has 0 saturated carbocycles. The molecule has 1 saturated heterocycles. The highest BCUT2D eigenvalue weighted by Crippen LogP contribution is 2.29. The van der Waals surface area contributed by atoms with Crippen LogP contribution in [0.1, 0.15) is 15.9 Å². The lowest BCUT2D eigenvalue weighted by molar-refractivity contribution is -0.120. The zero-order valence-corrected chi connectivity index (χ0v) is 15.8. The van der Waals surface area contributed by atoms with Crippen LogP contribution in [0, 0.1) is 0 Å². The highest BCUT2D eigenvalue weighted by atomic mass is 19.3. The van der Waals surface area contributed by atoms with Gasteiger partial charge in [0.15, 0.2) is 11.5 Å². The summed E-state index contributed by atoms with van der Waals surface area (Å²) in [7, 11) is 1.33. The molecule has 0 aromatic heterocycles. The van der Waals surface area contributed by atoms with E-state index in [9.17, 15) is 18.4 Å². The number of hydrogen-bond acceptors (Lipinski definition) is 5. The van der Waals surface area contributed by atoms with Gasteiger partial charge in [-0.2, -0.15) is 8.78 Å². The number of piperazine rings is 1. The smallest absolute Gasteiger partial charge is 0.387 e. The van der Waals surface area contributed by atoms with Gasteiger partial charge in [0.1, 0.15) is 0 Å². The maximum absolute atomic E-state index is 12.5. The second-order valence-electron chi connectivity index (χ2n) is 6.36. The number of benzene rings is 2. The molecule has 9 heteroatoms. The zero-order valence-electron chi connectivity index (χ0n) is 15.8. The van der Waals surface area contributed by atoms with Gasteiger partial charge in [0.25, 0.3) is 5.91 Å². The number of methoxy groups -OCH3 is 1. The Labute approximate surface area is 166 Å². The summed E-state index contributed by atoms with van der Waals surface area (Å²) >= 11 is 0. The first kappa shape index (κ1) is 20.4. The van der Waals surface area contributed by atoms with E-state index in [1.54, 1.807) is 0 Å². The topological polar surface area (TPSA) is 79.9 Å². The third-order valence-corrected chi connectivity index (χ3v) is 4.43. The molecule has 0 atom stereocenters. The fourth-order valence-corrected chi connectivity index (χ4v) is 2.97. The molecule has 0 unspecified atom stereocenters. The highest BCUT2D eigenvalue weighted by Gasteiger charge is 2.17. The largest absolute Gasteiger partial charge is 0.493 e. The standard InChI is InChI=1S/C20H21F2N3O4/c1-28-16-7-4-14(10-17(16)29-20(21)22)19(27)24-11-13-2-5-15(6-3-13)25-9-8-23-18(26)12-25/h2-7,10,20H,8-9,11-12H2,1H3,(H,23,26)(H,24,27). The number of ether oxygens (including phenoxy) is 2. The van der Waals surface area contributed by atoms with Gasteiger partial charge in [-0.05, 0) is 35.9 Å². The molecule has 0 aliphatic carbocycles. The zero-order chi connectivity index (χ0) is 20.8. The first-order valence-corrected chi connectivity index (χ1v) is 8.98. The quantitative estimate of drug-likeness (QED) is 0.738. The van der Waals surface area contributed by atoms with Crippen LogP contribution in [0.3, 0.4) is 0 Å². The summed E-state index contributed by atoms with van der Waals surface area (Å²) in [5, 5.41) is 5.52. The summed E-state index contributed by atoms with van der Waals surface area (Å²) in [5.74, 6) is -0.528. The SMILES string of the molecule is COc1ccc(C(=O)NCc2ccc(N3CCNC(=O)C3)cc2)cc1OC(F)F. The maximum Gasteiger partial charge on any atom is 0.387 e. The van der Waals surface area contributed by atoms with Crippen molar-refractivity contribution in [3.63, 3.8) is 0 Å². The lowest BCUT2D eigenvalue weighted by Gasteiger charge is -2.28. The molecular weight excluding hydrogens is 384 g/mol. The molecule has 2 N–H and O–H groups in total. The monoisotopic (exact) mass is 405 g/mol. The Hall–Kier alpha value is -3.36. The molecule has 7 nitrogen and oxygen atoms in total. The van der Waals surface area contributed by atoms with E-state index in [4.69, 9.17) is 4.74 Å². The van der Waals surface area contributed by atoms with Gasteiger partial charge in [-0.1, -0.05) is 12.1 Å². The van der Waals surface area contributed by atoms with E-state index in [2.05, 4.69) is 15.4 Å². The van der Waals surface area contributed by atoms with Gasteiger partial charge < -0.3 is 25.0 Å². The predicted octanol–water partition coefficient (Wildman–Crippen LogP) is 2.16. The van der Waals surface area contributed by atoms with Crippen molar-refractivity contribution in [3.8, 4) is 11.5 Å². The number of rotatable bonds is 7. The summed E-state index contributed by atoms with van der Waals surface area (Å²) in [6, 6.07) is 11.6. The van der Waals surface area contributed by atoms with Gasteiger partial charge in [0.2, 0.25) is 5.91 Å². The Bertz CT molecular complexity index is 875. The van der Waals surface area contributed by atoms with Crippen LogP contribution in [0.15, 0.2) is 42.5 Å². The van der Waals surface area contributed by atoms with E-state index in [1.165, 1.54) is 25.3 Å². The first-order valence-electron chi connectivity index (χ1n) is 8.98. The third-order valence-electron chi connectivity index (χ3n) is 4.43. The van der Waals surface area contributed by atoms with Crippen LogP contribution in [-0.2, 0) is 11.3 Å². The van der Waals surface area contributed by atoms with Crippen LogP contribution in [0.25, 0.3) is 0 Å². The lowest BCUT2D eigenvalue weighted by atomic mass is 10.1. The number of alkyl halides is 2. The minimum absolute atomic E-state index is 0.0118. The summed E-state index contributed by atoms with van der Waals surface area (Å²) in [5.41, 5.74) is 1.97. The van der Waals surface area contributed by atoms with Gasteiger partial charge in [-0.15, -0.1) is 0 Å². The molecule has 0 radical (unpaired) electrons. The van der Waals surface area contributed by atoms with Gasteiger partial charge in [0, 0.05) is 30.9 Å². The molecule has 29 heavy (non-hydrogen) atoms. The Balaban J connectivity index is 1.61. The molecule has 154 valence electrons. The van der Waals surface area contributed by atoms with Crippen LogP contribution >= 0.6 is 0 Å². The number of amides is 2. The average molecular weight is 405 g/mol.